The van der Waals surface area contributed by atoms with E-state index >= 15 is 0 Å². The fourth-order valence-electron chi connectivity index (χ4n) is 1.52. The van der Waals surface area contributed by atoms with Crippen molar-refractivity contribution in [1.29, 1.82) is 0 Å². The third-order valence-electron chi connectivity index (χ3n) is 2.55. The lowest BCUT2D eigenvalue weighted by molar-refractivity contribution is -0.116. The summed E-state index contributed by atoms with van der Waals surface area (Å²) >= 11 is 0. The maximum absolute atomic E-state index is 13.6. The molecular formula is C12H17FN2O3S. The molecule has 1 amide bonds. The molecule has 0 aliphatic heterocycles. The van der Waals surface area contributed by atoms with Crippen LogP contribution in [-0.4, -0.2) is 14.3 Å². The number of hydrogen-bond donors (Lipinski definition) is 2. The summed E-state index contributed by atoms with van der Waals surface area (Å²) < 4.78 is 35.6. The lowest BCUT2D eigenvalue weighted by atomic mass is 10.2. The van der Waals surface area contributed by atoms with Gasteiger partial charge in [0.25, 0.3) is 0 Å². The SMILES string of the molecule is CCCCCC(=O)Nc1ccc(S(N)(=O)=O)cc1F. The maximum atomic E-state index is 13.6. The summed E-state index contributed by atoms with van der Waals surface area (Å²) in [4.78, 5) is 11.2. The normalized spacial score (nSPS) is 11.3. The average molecular weight is 288 g/mol. The monoisotopic (exact) mass is 288 g/mol. The molecule has 106 valence electrons. The Balaban J connectivity index is 2.73. The van der Waals surface area contributed by atoms with Gasteiger partial charge in [0.05, 0.1) is 10.6 Å². The molecule has 0 bridgehead atoms. The summed E-state index contributed by atoms with van der Waals surface area (Å²) in [6, 6.07) is 3.13. The molecule has 0 saturated carbocycles. The summed E-state index contributed by atoms with van der Waals surface area (Å²) in [5, 5.41) is 7.27. The van der Waals surface area contributed by atoms with Crippen molar-refractivity contribution in [3.63, 3.8) is 0 Å². The zero-order valence-corrected chi connectivity index (χ0v) is 11.5. The summed E-state index contributed by atoms with van der Waals surface area (Å²) in [7, 11) is -3.94. The van der Waals surface area contributed by atoms with Crippen LogP contribution in [0.1, 0.15) is 32.6 Å². The lowest BCUT2D eigenvalue weighted by Crippen LogP contribution is -2.15. The van der Waals surface area contributed by atoms with Gasteiger partial charge < -0.3 is 5.32 Å². The van der Waals surface area contributed by atoms with Crippen molar-refractivity contribution in [2.45, 2.75) is 37.5 Å². The van der Waals surface area contributed by atoms with E-state index in [-0.39, 0.29) is 16.5 Å². The van der Waals surface area contributed by atoms with Crippen molar-refractivity contribution in [3.05, 3.63) is 24.0 Å². The van der Waals surface area contributed by atoms with Crippen LogP contribution in [0, 0.1) is 5.82 Å². The van der Waals surface area contributed by atoms with Crippen molar-refractivity contribution in [2.75, 3.05) is 5.32 Å². The number of halogens is 1. The Labute approximate surface area is 112 Å². The number of carbonyl (C=O) groups is 1. The molecule has 0 aliphatic carbocycles. The molecule has 1 rings (SSSR count). The number of anilines is 1. The molecule has 1 aromatic rings. The van der Waals surface area contributed by atoms with Gasteiger partial charge in [0.15, 0.2) is 0 Å². The van der Waals surface area contributed by atoms with Crippen LogP contribution in [0.2, 0.25) is 0 Å². The molecule has 1 aromatic carbocycles. The number of unbranched alkanes of at least 4 members (excludes halogenated alkanes) is 2. The number of amides is 1. The van der Waals surface area contributed by atoms with Crippen LogP contribution in [0.5, 0.6) is 0 Å². The van der Waals surface area contributed by atoms with Crippen LogP contribution in [0.4, 0.5) is 10.1 Å². The molecule has 0 aliphatic rings. The predicted octanol–water partition coefficient (Wildman–Crippen LogP) is 1.99. The van der Waals surface area contributed by atoms with Crippen molar-refractivity contribution in [2.24, 2.45) is 5.14 Å². The quantitative estimate of drug-likeness (QED) is 0.784. The van der Waals surface area contributed by atoms with Crippen molar-refractivity contribution in [3.8, 4) is 0 Å². The Morgan fingerprint density at radius 2 is 2.05 bits per heavy atom. The molecule has 3 N–H and O–H groups in total. The molecule has 19 heavy (non-hydrogen) atoms. The summed E-state index contributed by atoms with van der Waals surface area (Å²) in [6.07, 6.45) is 2.97. The van der Waals surface area contributed by atoms with Gasteiger partial charge in [0.1, 0.15) is 5.82 Å². The van der Waals surface area contributed by atoms with Gasteiger partial charge in [-0.05, 0) is 24.6 Å². The highest BCUT2D eigenvalue weighted by Crippen LogP contribution is 2.18. The van der Waals surface area contributed by atoms with E-state index in [2.05, 4.69) is 5.32 Å². The van der Waals surface area contributed by atoms with Crippen molar-refractivity contribution < 1.29 is 17.6 Å². The van der Waals surface area contributed by atoms with Gasteiger partial charge in [-0.25, -0.2) is 17.9 Å². The molecule has 0 heterocycles. The molecule has 0 saturated heterocycles. The molecular weight excluding hydrogens is 271 g/mol. The highest BCUT2D eigenvalue weighted by molar-refractivity contribution is 7.89. The Bertz CT molecular complexity index is 558. The molecule has 0 aromatic heterocycles. The number of carbonyl (C=O) groups excluding carboxylic acids is 1. The van der Waals surface area contributed by atoms with Crippen molar-refractivity contribution >= 4 is 21.6 Å². The largest absolute Gasteiger partial charge is 0.324 e. The van der Waals surface area contributed by atoms with Crippen LogP contribution < -0.4 is 10.5 Å². The summed E-state index contributed by atoms with van der Waals surface area (Å²) in [5.74, 6) is -1.12. The second-order valence-corrected chi connectivity index (χ2v) is 5.75. The van der Waals surface area contributed by atoms with Gasteiger partial charge in [0, 0.05) is 6.42 Å². The van der Waals surface area contributed by atoms with Crippen LogP contribution in [0.25, 0.3) is 0 Å². The van der Waals surface area contributed by atoms with Gasteiger partial charge >= 0.3 is 0 Å². The molecule has 0 fully saturated rings. The standard InChI is InChI=1S/C12H17FN2O3S/c1-2-3-4-5-12(16)15-11-7-6-9(8-10(11)13)19(14,17)18/h6-8H,2-5H2,1H3,(H,15,16)(H2,14,17,18). The van der Waals surface area contributed by atoms with E-state index in [9.17, 15) is 17.6 Å². The first-order chi connectivity index (χ1) is 8.84. The first-order valence-corrected chi connectivity index (χ1v) is 7.51. The Hall–Kier alpha value is -1.47. The van der Waals surface area contributed by atoms with Crippen LogP contribution in [0.15, 0.2) is 23.1 Å². The number of hydrogen-bond acceptors (Lipinski definition) is 3. The molecule has 7 heteroatoms. The third-order valence-corrected chi connectivity index (χ3v) is 3.46. The zero-order valence-electron chi connectivity index (χ0n) is 10.6. The molecule has 0 unspecified atom stereocenters. The van der Waals surface area contributed by atoms with Gasteiger partial charge in [-0.1, -0.05) is 19.8 Å². The van der Waals surface area contributed by atoms with E-state index in [0.717, 1.165) is 31.4 Å². The van der Waals surface area contributed by atoms with Crippen LogP contribution in [-0.2, 0) is 14.8 Å². The van der Waals surface area contributed by atoms with E-state index in [4.69, 9.17) is 5.14 Å². The minimum Gasteiger partial charge on any atom is -0.324 e. The van der Waals surface area contributed by atoms with Crippen LogP contribution >= 0.6 is 0 Å². The average Bonchev–Trinajstić information content (AvgIpc) is 2.31. The highest BCUT2D eigenvalue weighted by atomic mass is 32.2. The number of sulfonamides is 1. The number of nitrogens with one attached hydrogen (secondary N) is 1. The van der Waals surface area contributed by atoms with E-state index < -0.39 is 15.8 Å². The summed E-state index contributed by atoms with van der Waals surface area (Å²) in [6.45, 7) is 2.02. The number of benzene rings is 1. The van der Waals surface area contributed by atoms with E-state index in [1.807, 2.05) is 6.92 Å². The van der Waals surface area contributed by atoms with E-state index in [1.165, 1.54) is 6.07 Å². The fourth-order valence-corrected chi connectivity index (χ4v) is 2.05. The van der Waals surface area contributed by atoms with Crippen molar-refractivity contribution in [1.82, 2.24) is 0 Å². The first-order valence-electron chi connectivity index (χ1n) is 5.96. The van der Waals surface area contributed by atoms with Crippen LogP contribution in [0.3, 0.4) is 0 Å². The third kappa shape index (κ3) is 4.96. The minimum atomic E-state index is -3.94. The fraction of sp³-hybridized carbons (Fsp3) is 0.417. The highest BCUT2D eigenvalue weighted by Gasteiger charge is 2.12. The van der Waals surface area contributed by atoms with Gasteiger partial charge in [-0.15, -0.1) is 0 Å². The van der Waals surface area contributed by atoms with E-state index in [0.29, 0.717) is 6.42 Å². The topological polar surface area (TPSA) is 89.3 Å². The van der Waals surface area contributed by atoms with Gasteiger partial charge in [0.2, 0.25) is 15.9 Å². The lowest BCUT2D eigenvalue weighted by Gasteiger charge is -2.07. The Morgan fingerprint density at radius 3 is 2.58 bits per heavy atom. The maximum Gasteiger partial charge on any atom is 0.238 e. The Kier molecular flexibility index (Phi) is 5.44. The Morgan fingerprint density at radius 1 is 1.37 bits per heavy atom. The molecule has 5 nitrogen and oxygen atoms in total. The number of rotatable bonds is 6. The molecule has 0 spiro atoms. The second-order valence-electron chi connectivity index (χ2n) is 4.19. The number of nitrogens with two attached hydrogens (primary N) is 1. The first kappa shape index (κ1) is 15.6. The smallest absolute Gasteiger partial charge is 0.238 e. The number of primary sulfonamides is 1. The zero-order chi connectivity index (χ0) is 14.5. The minimum absolute atomic E-state index is 0.0473. The molecule has 0 atom stereocenters. The second kappa shape index (κ2) is 6.63. The summed E-state index contributed by atoms with van der Waals surface area (Å²) in [5.41, 5.74) is -0.0473. The van der Waals surface area contributed by atoms with Gasteiger partial charge in [-0.2, -0.15) is 0 Å². The van der Waals surface area contributed by atoms with E-state index in [1.54, 1.807) is 0 Å². The molecule has 0 radical (unpaired) electrons. The predicted molar refractivity (Wildman–Crippen MR) is 70.5 cm³/mol. The van der Waals surface area contributed by atoms with Gasteiger partial charge in [-0.3, -0.25) is 4.79 Å².